The van der Waals surface area contributed by atoms with E-state index in [0.29, 0.717) is 25.3 Å². The number of hydrogen-bond donors (Lipinski definition) is 1. The molecule has 1 aromatic heterocycles. The van der Waals surface area contributed by atoms with E-state index in [1.807, 2.05) is 31.2 Å². The zero-order valence-corrected chi connectivity index (χ0v) is 17.2. The summed E-state index contributed by atoms with van der Waals surface area (Å²) in [4.78, 5) is 14.0. The molecule has 0 spiro atoms. The van der Waals surface area contributed by atoms with Gasteiger partial charge in [-0.3, -0.25) is 4.68 Å². The van der Waals surface area contributed by atoms with Crippen molar-refractivity contribution in [3.63, 3.8) is 0 Å². The highest BCUT2D eigenvalue weighted by molar-refractivity contribution is 5.68. The van der Waals surface area contributed by atoms with Crippen LogP contribution >= 0.6 is 0 Å². The molecule has 2 N–H and O–H groups in total. The van der Waals surface area contributed by atoms with Gasteiger partial charge in [0.25, 0.3) is 0 Å². The number of carbonyl (C=O) groups excluding carboxylic acids is 1. The molecule has 158 valence electrons. The average molecular weight is 409 g/mol. The van der Waals surface area contributed by atoms with Gasteiger partial charge in [-0.25, -0.2) is 4.79 Å². The molecule has 0 radical (unpaired) electrons. The lowest BCUT2D eigenvalue weighted by atomic mass is 10.1. The molecule has 1 saturated heterocycles. The van der Waals surface area contributed by atoms with E-state index < -0.39 is 0 Å². The summed E-state index contributed by atoms with van der Waals surface area (Å²) < 4.78 is 13.2. The molecule has 0 atom stereocenters. The van der Waals surface area contributed by atoms with Crippen LogP contribution in [0.1, 0.15) is 55.5 Å². The van der Waals surface area contributed by atoms with Crippen molar-refractivity contribution < 1.29 is 14.3 Å². The molecule has 8 nitrogen and oxygen atoms in total. The molecule has 1 aliphatic carbocycles. The molecule has 4 rings (SSSR count). The summed E-state index contributed by atoms with van der Waals surface area (Å²) in [5.74, 6) is 0.722. The Kier molecular flexibility index (Phi) is 5.64. The summed E-state index contributed by atoms with van der Waals surface area (Å²) in [5, 5.41) is 14.1. The third-order valence-electron chi connectivity index (χ3n) is 5.89. The van der Waals surface area contributed by atoms with Crippen LogP contribution < -0.4 is 10.5 Å². The number of nitrogens with two attached hydrogens (primary N) is 1. The SMILES string of the molecule is CC1(OC(=O)N2CCC(n3ncc(COc4ccc(CN)cc4)c3C#N)CC2)CC1. The smallest absolute Gasteiger partial charge is 0.410 e. The minimum Gasteiger partial charge on any atom is -0.489 e. The lowest BCUT2D eigenvalue weighted by Crippen LogP contribution is -2.41. The van der Waals surface area contributed by atoms with Gasteiger partial charge >= 0.3 is 6.09 Å². The predicted octanol–water partition coefficient (Wildman–Crippen LogP) is 3.12. The van der Waals surface area contributed by atoms with Gasteiger partial charge in [-0.05, 0) is 50.3 Å². The first-order valence-corrected chi connectivity index (χ1v) is 10.4. The van der Waals surface area contributed by atoms with E-state index in [0.717, 1.165) is 42.6 Å². The lowest BCUT2D eigenvalue weighted by Gasteiger charge is -2.32. The molecule has 2 aromatic rings. The molecular formula is C22H27N5O3. The average Bonchev–Trinajstić information content (AvgIpc) is 3.35. The van der Waals surface area contributed by atoms with Crippen molar-refractivity contribution >= 4 is 6.09 Å². The van der Waals surface area contributed by atoms with Crippen molar-refractivity contribution in [3.05, 3.63) is 47.3 Å². The highest BCUT2D eigenvalue weighted by atomic mass is 16.6. The second-order valence-electron chi connectivity index (χ2n) is 8.25. The first-order chi connectivity index (χ1) is 14.5. The van der Waals surface area contributed by atoms with Crippen LogP contribution in [0.3, 0.4) is 0 Å². The highest BCUT2D eigenvalue weighted by Crippen LogP contribution is 2.39. The Morgan fingerprint density at radius 3 is 2.60 bits per heavy atom. The second kappa shape index (κ2) is 8.36. The van der Waals surface area contributed by atoms with E-state index in [-0.39, 0.29) is 24.3 Å². The number of nitrogens with zero attached hydrogens (tertiary/aromatic N) is 4. The Morgan fingerprint density at radius 1 is 1.30 bits per heavy atom. The van der Waals surface area contributed by atoms with Crippen LogP contribution in [0.5, 0.6) is 5.75 Å². The number of ether oxygens (including phenoxy) is 2. The molecule has 2 fully saturated rings. The van der Waals surface area contributed by atoms with Crippen LogP contribution in [-0.4, -0.2) is 39.5 Å². The van der Waals surface area contributed by atoms with E-state index >= 15 is 0 Å². The van der Waals surface area contributed by atoms with Crippen LogP contribution in [0.4, 0.5) is 4.79 Å². The summed E-state index contributed by atoms with van der Waals surface area (Å²) >= 11 is 0. The number of carbonyl (C=O) groups is 1. The molecule has 2 aliphatic rings. The maximum Gasteiger partial charge on any atom is 0.410 e. The molecule has 8 heteroatoms. The lowest BCUT2D eigenvalue weighted by molar-refractivity contribution is 0.0489. The number of piperidine rings is 1. The molecule has 0 unspecified atom stereocenters. The number of hydrogen-bond acceptors (Lipinski definition) is 6. The summed E-state index contributed by atoms with van der Waals surface area (Å²) in [6.45, 7) is 3.93. The largest absolute Gasteiger partial charge is 0.489 e. The molecule has 1 saturated carbocycles. The summed E-state index contributed by atoms with van der Waals surface area (Å²) in [6.07, 6.45) is 4.82. The van der Waals surface area contributed by atoms with Gasteiger partial charge in [0.2, 0.25) is 0 Å². The minimum atomic E-state index is -0.260. The van der Waals surface area contributed by atoms with Crippen LogP contribution in [0.15, 0.2) is 30.5 Å². The Labute approximate surface area is 176 Å². The summed E-state index contributed by atoms with van der Waals surface area (Å²) in [7, 11) is 0. The van der Waals surface area contributed by atoms with E-state index in [9.17, 15) is 10.1 Å². The monoisotopic (exact) mass is 409 g/mol. The fourth-order valence-corrected chi connectivity index (χ4v) is 3.63. The van der Waals surface area contributed by atoms with E-state index in [4.69, 9.17) is 15.2 Å². The fraction of sp³-hybridized carbons (Fsp3) is 0.500. The molecule has 2 heterocycles. The first-order valence-electron chi connectivity index (χ1n) is 10.4. The number of aromatic nitrogens is 2. The second-order valence-corrected chi connectivity index (χ2v) is 8.25. The Hall–Kier alpha value is -3.05. The van der Waals surface area contributed by atoms with Gasteiger partial charge in [0.1, 0.15) is 29.7 Å². The van der Waals surface area contributed by atoms with E-state index in [1.165, 1.54) is 0 Å². The topological polar surface area (TPSA) is 106 Å². The predicted molar refractivity (Wildman–Crippen MR) is 110 cm³/mol. The molecule has 1 aliphatic heterocycles. The normalized spacial score (nSPS) is 18.0. The molecule has 0 bridgehead atoms. The highest BCUT2D eigenvalue weighted by Gasteiger charge is 2.43. The van der Waals surface area contributed by atoms with Gasteiger partial charge in [0.05, 0.1) is 12.2 Å². The molecule has 1 amide bonds. The first kappa shape index (κ1) is 20.2. The third kappa shape index (κ3) is 4.41. The maximum atomic E-state index is 12.3. The van der Waals surface area contributed by atoms with Crippen molar-refractivity contribution in [1.29, 1.82) is 5.26 Å². The third-order valence-corrected chi connectivity index (χ3v) is 5.89. The molecule has 30 heavy (non-hydrogen) atoms. The van der Waals surface area contributed by atoms with Crippen LogP contribution in [-0.2, 0) is 17.9 Å². The summed E-state index contributed by atoms with van der Waals surface area (Å²) in [5.41, 5.74) is 7.66. The zero-order chi connectivity index (χ0) is 21.1. The van der Waals surface area contributed by atoms with Crippen molar-refractivity contribution in [2.75, 3.05) is 13.1 Å². The molecule has 1 aromatic carbocycles. The quantitative estimate of drug-likeness (QED) is 0.786. The van der Waals surface area contributed by atoms with Crippen LogP contribution in [0.2, 0.25) is 0 Å². The van der Waals surface area contributed by atoms with Gasteiger partial charge in [0.15, 0.2) is 0 Å². The number of rotatable bonds is 6. The number of benzene rings is 1. The van der Waals surface area contributed by atoms with Gasteiger partial charge in [0, 0.05) is 25.2 Å². The summed E-state index contributed by atoms with van der Waals surface area (Å²) in [6, 6.07) is 9.94. The van der Waals surface area contributed by atoms with Crippen molar-refractivity contribution in [3.8, 4) is 11.8 Å². The van der Waals surface area contributed by atoms with E-state index in [2.05, 4.69) is 11.2 Å². The van der Waals surface area contributed by atoms with Crippen molar-refractivity contribution in [2.45, 2.75) is 57.4 Å². The van der Waals surface area contributed by atoms with Gasteiger partial charge < -0.3 is 20.1 Å². The minimum absolute atomic E-state index is 0.0813. The molecular weight excluding hydrogens is 382 g/mol. The standard InChI is InChI=1S/C22H27N5O3/c1-22(8-9-22)30-21(28)26-10-6-18(7-11-26)27-20(13-24)17(14-25-27)15-29-19-4-2-16(12-23)3-5-19/h2-5,14,18H,6-12,15,23H2,1H3. The van der Waals surface area contributed by atoms with Crippen molar-refractivity contribution in [1.82, 2.24) is 14.7 Å². The van der Waals surface area contributed by atoms with Gasteiger partial charge in [-0.2, -0.15) is 10.4 Å². The van der Waals surface area contributed by atoms with Crippen LogP contribution in [0, 0.1) is 11.3 Å². The number of likely N-dealkylation sites (tertiary alicyclic amines) is 1. The number of nitriles is 1. The number of amides is 1. The maximum absolute atomic E-state index is 12.3. The fourth-order valence-electron chi connectivity index (χ4n) is 3.63. The van der Waals surface area contributed by atoms with Gasteiger partial charge in [-0.15, -0.1) is 0 Å². The van der Waals surface area contributed by atoms with E-state index in [1.54, 1.807) is 15.8 Å². The van der Waals surface area contributed by atoms with Gasteiger partial charge in [-0.1, -0.05) is 12.1 Å². The Balaban J connectivity index is 1.35. The Morgan fingerprint density at radius 2 is 2.00 bits per heavy atom. The van der Waals surface area contributed by atoms with Crippen molar-refractivity contribution in [2.24, 2.45) is 5.73 Å². The Bertz CT molecular complexity index is 935. The van der Waals surface area contributed by atoms with Crippen LogP contribution in [0.25, 0.3) is 0 Å². The zero-order valence-electron chi connectivity index (χ0n) is 17.2.